The smallest absolute Gasteiger partial charge is 0.294 e. The first-order chi connectivity index (χ1) is 9.61. The van der Waals surface area contributed by atoms with Crippen LogP contribution in [0.5, 0.6) is 0 Å². The number of rotatable bonds is 3. The van der Waals surface area contributed by atoms with Gasteiger partial charge in [-0.05, 0) is 18.2 Å². The van der Waals surface area contributed by atoms with Gasteiger partial charge in [-0.3, -0.25) is 10.2 Å². The van der Waals surface area contributed by atoms with Gasteiger partial charge in [0.1, 0.15) is 0 Å². The van der Waals surface area contributed by atoms with Crippen LogP contribution < -0.4 is 11.2 Å². The minimum absolute atomic E-state index is 0.0305. The standard InChI is InChI=1S/C11H9ClN6O2/c12-6-1-2-7(10(13)17-18-14)8(5-6)16-11(19)9-3-4-15-20-9/h1-5H,(H,16,19)(H3,13,14,17). The number of hydrogen-bond donors (Lipinski definition) is 3. The molecule has 0 aliphatic rings. The fourth-order valence-corrected chi connectivity index (χ4v) is 1.63. The Labute approximate surface area is 118 Å². The quantitative estimate of drug-likeness (QED) is 0.263. The number of benzene rings is 1. The van der Waals surface area contributed by atoms with Gasteiger partial charge in [-0.2, -0.15) is 0 Å². The Kier molecular flexibility index (Phi) is 4.06. The van der Waals surface area contributed by atoms with Crippen LogP contribution in [0.4, 0.5) is 5.69 Å². The van der Waals surface area contributed by atoms with Crippen LogP contribution in [0.25, 0.3) is 0 Å². The number of amides is 1. The summed E-state index contributed by atoms with van der Waals surface area (Å²) >= 11 is 5.87. The second-order valence-electron chi connectivity index (χ2n) is 3.58. The van der Waals surface area contributed by atoms with E-state index >= 15 is 0 Å². The molecular weight excluding hydrogens is 284 g/mol. The van der Waals surface area contributed by atoms with Gasteiger partial charge < -0.3 is 15.7 Å². The minimum atomic E-state index is -0.525. The van der Waals surface area contributed by atoms with Crippen LogP contribution >= 0.6 is 11.6 Å². The number of aromatic nitrogens is 1. The van der Waals surface area contributed by atoms with E-state index in [0.717, 1.165) is 0 Å². The van der Waals surface area contributed by atoms with Crippen LogP contribution in [-0.2, 0) is 0 Å². The van der Waals surface area contributed by atoms with Crippen LogP contribution in [0.3, 0.4) is 0 Å². The van der Waals surface area contributed by atoms with E-state index in [1.165, 1.54) is 24.4 Å². The second-order valence-corrected chi connectivity index (χ2v) is 4.02. The molecule has 2 rings (SSSR count). The molecule has 1 amide bonds. The van der Waals surface area contributed by atoms with E-state index in [1.807, 2.05) is 0 Å². The van der Waals surface area contributed by atoms with Gasteiger partial charge in [0.15, 0.2) is 5.84 Å². The van der Waals surface area contributed by atoms with Crippen LogP contribution in [0.1, 0.15) is 16.1 Å². The van der Waals surface area contributed by atoms with Crippen molar-refractivity contribution >= 4 is 29.0 Å². The molecule has 9 heteroatoms. The molecule has 4 N–H and O–H groups in total. The Morgan fingerprint density at radius 2 is 2.25 bits per heavy atom. The highest BCUT2D eigenvalue weighted by Gasteiger charge is 2.15. The lowest BCUT2D eigenvalue weighted by Crippen LogP contribution is -2.14. The molecule has 0 unspecified atom stereocenters. The number of anilines is 1. The Hall–Kier alpha value is -2.74. The Morgan fingerprint density at radius 3 is 2.90 bits per heavy atom. The number of hydrogen-bond acceptors (Lipinski definition) is 5. The van der Waals surface area contributed by atoms with Crippen LogP contribution in [0.15, 0.2) is 45.3 Å². The zero-order chi connectivity index (χ0) is 14.5. The topological polar surface area (TPSA) is 130 Å². The molecule has 2 aromatic rings. The van der Waals surface area contributed by atoms with Gasteiger partial charge in [0, 0.05) is 16.7 Å². The highest BCUT2D eigenvalue weighted by molar-refractivity contribution is 6.31. The molecule has 0 atom stereocenters. The summed E-state index contributed by atoms with van der Waals surface area (Å²) in [4.78, 5) is 11.9. The van der Waals surface area contributed by atoms with Crippen molar-refractivity contribution < 1.29 is 9.32 Å². The lowest BCUT2D eigenvalue weighted by Gasteiger charge is -2.08. The summed E-state index contributed by atoms with van der Waals surface area (Å²) < 4.78 is 4.73. The van der Waals surface area contributed by atoms with Crippen molar-refractivity contribution in [3.8, 4) is 0 Å². The summed E-state index contributed by atoms with van der Waals surface area (Å²) in [6, 6.07) is 5.97. The van der Waals surface area contributed by atoms with E-state index in [2.05, 4.69) is 20.8 Å². The molecule has 0 aliphatic heterocycles. The van der Waals surface area contributed by atoms with Gasteiger partial charge in [-0.15, -0.1) is 5.11 Å². The lowest BCUT2D eigenvalue weighted by molar-refractivity contribution is 0.0988. The maximum absolute atomic E-state index is 11.9. The molecule has 20 heavy (non-hydrogen) atoms. The van der Waals surface area contributed by atoms with E-state index in [1.54, 1.807) is 6.07 Å². The minimum Gasteiger partial charge on any atom is -0.351 e. The normalized spacial score (nSPS) is 10.7. The number of carbonyl (C=O) groups excluding carboxylic acids is 1. The van der Waals surface area contributed by atoms with E-state index in [-0.39, 0.29) is 17.3 Å². The maximum atomic E-state index is 11.9. The van der Waals surface area contributed by atoms with Gasteiger partial charge in [0.25, 0.3) is 5.91 Å². The maximum Gasteiger partial charge on any atom is 0.294 e. The summed E-state index contributed by atoms with van der Waals surface area (Å²) in [6.07, 6.45) is 1.35. The molecule has 1 aromatic heterocycles. The van der Waals surface area contributed by atoms with Crippen molar-refractivity contribution in [3.05, 3.63) is 46.8 Å². The third-order valence-electron chi connectivity index (χ3n) is 2.30. The number of amidine groups is 1. The van der Waals surface area contributed by atoms with Crippen LogP contribution in [0, 0.1) is 5.41 Å². The molecule has 0 saturated heterocycles. The highest BCUT2D eigenvalue weighted by atomic mass is 35.5. The molecule has 0 aliphatic carbocycles. The molecule has 1 aromatic carbocycles. The predicted octanol–water partition coefficient (Wildman–Crippen LogP) is 2.23. The number of carbonyl (C=O) groups is 1. The van der Waals surface area contributed by atoms with E-state index in [0.29, 0.717) is 10.6 Å². The molecule has 0 bridgehead atoms. The Balaban J connectivity index is 2.32. The first kappa shape index (κ1) is 13.7. The average Bonchev–Trinajstić information content (AvgIpc) is 2.93. The first-order valence-electron chi connectivity index (χ1n) is 5.33. The summed E-state index contributed by atoms with van der Waals surface area (Å²) in [5.74, 6) is 4.20. The number of nitrogens with zero attached hydrogens (tertiary/aromatic N) is 3. The summed E-state index contributed by atoms with van der Waals surface area (Å²) in [7, 11) is 0. The third kappa shape index (κ3) is 2.98. The van der Waals surface area contributed by atoms with Crippen LogP contribution in [0.2, 0.25) is 5.02 Å². The number of halogens is 1. The summed E-state index contributed by atoms with van der Waals surface area (Å²) in [6.45, 7) is 0. The molecule has 0 fully saturated rings. The third-order valence-corrected chi connectivity index (χ3v) is 2.54. The molecule has 0 saturated carbocycles. The van der Waals surface area contributed by atoms with Crippen molar-refractivity contribution in [2.45, 2.75) is 0 Å². The Morgan fingerprint density at radius 1 is 1.45 bits per heavy atom. The van der Waals surface area contributed by atoms with E-state index < -0.39 is 5.91 Å². The predicted molar refractivity (Wildman–Crippen MR) is 71.8 cm³/mol. The Bertz CT molecular complexity index is 668. The fourth-order valence-electron chi connectivity index (χ4n) is 1.45. The second kappa shape index (κ2) is 5.93. The zero-order valence-corrected chi connectivity index (χ0v) is 10.8. The van der Waals surface area contributed by atoms with Crippen molar-refractivity contribution in [1.29, 1.82) is 5.41 Å². The monoisotopic (exact) mass is 292 g/mol. The molecular formula is C11H9ClN6O2. The average molecular weight is 293 g/mol. The summed E-state index contributed by atoms with van der Waals surface area (Å²) in [5.41, 5.74) is 0.604. The molecule has 0 spiro atoms. The highest BCUT2D eigenvalue weighted by Crippen LogP contribution is 2.22. The first-order valence-corrected chi connectivity index (χ1v) is 5.71. The summed E-state index contributed by atoms with van der Waals surface area (Å²) in [5, 5.41) is 20.5. The lowest BCUT2D eigenvalue weighted by atomic mass is 10.1. The van der Waals surface area contributed by atoms with Gasteiger partial charge in [-0.25, -0.2) is 0 Å². The number of nitrogens with one attached hydrogen (secondary N) is 2. The van der Waals surface area contributed by atoms with Gasteiger partial charge in [0.05, 0.1) is 11.9 Å². The SMILES string of the molecule is N=C(N=NN)c1ccc(Cl)cc1NC(=O)c1ccno1. The molecule has 1 heterocycles. The van der Waals surface area contributed by atoms with Gasteiger partial charge in [0.2, 0.25) is 5.76 Å². The van der Waals surface area contributed by atoms with E-state index in [4.69, 9.17) is 27.4 Å². The van der Waals surface area contributed by atoms with Gasteiger partial charge in [-0.1, -0.05) is 22.0 Å². The van der Waals surface area contributed by atoms with Crippen LogP contribution in [-0.4, -0.2) is 16.9 Å². The molecule has 102 valence electrons. The fraction of sp³-hybridized carbons (Fsp3) is 0. The van der Waals surface area contributed by atoms with Crippen molar-refractivity contribution in [2.24, 2.45) is 16.2 Å². The van der Waals surface area contributed by atoms with Crippen molar-refractivity contribution in [2.75, 3.05) is 5.32 Å². The van der Waals surface area contributed by atoms with Gasteiger partial charge >= 0.3 is 0 Å². The van der Waals surface area contributed by atoms with Crippen molar-refractivity contribution in [3.63, 3.8) is 0 Å². The number of nitrogens with two attached hydrogens (primary N) is 1. The largest absolute Gasteiger partial charge is 0.351 e. The zero-order valence-electron chi connectivity index (χ0n) is 10.0. The molecule has 0 radical (unpaired) electrons. The molecule has 8 nitrogen and oxygen atoms in total. The van der Waals surface area contributed by atoms with E-state index in [9.17, 15) is 4.79 Å². The van der Waals surface area contributed by atoms with Crippen molar-refractivity contribution in [1.82, 2.24) is 5.16 Å².